The van der Waals surface area contributed by atoms with Crippen molar-refractivity contribution >= 4 is 5.91 Å². The van der Waals surface area contributed by atoms with E-state index in [-0.39, 0.29) is 17.7 Å². The van der Waals surface area contributed by atoms with Gasteiger partial charge >= 0.3 is 0 Å². The molecule has 1 fully saturated rings. The minimum atomic E-state index is -0.0992. The van der Waals surface area contributed by atoms with Gasteiger partial charge < -0.3 is 18.9 Å². The standard InChI is InChI=1S/C22H23N3O4/c1-14-12-25(22(26)16-10-7-11-18(27-2)19(16)28-3)13-17(14)21-23-20(24-29-21)15-8-5-4-6-9-15/h4-11,14,17H,12-13H2,1-3H3/t14-,17-/m0/s1. The van der Waals surface area contributed by atoms with E-state index in [0.717, 1.165) is 5.56 Å². The fourth-order valence-electron chi connectivity index (χ4n) is 3.77. The minimum Gasteiger partial charge on any atom is -0.493 e. The molecule has 7 nitrogen and oxygen atoms in total. The Morgan fingerprint density at radius 1 is 1.07 bits per heavy atom. The zero-order chi connectivity index (χ0) is 20.4. The van der Waals surface area contributed by atoms with Crippen LogP contribution in [0.4, 0.5) is 0 Å². The second-order valence-electron chi connectivity index (χ2n) is 7.16. The van der Waals surface area contributed by atoms with Crippen molar-refractivity contribution in [3.63, 3.8) is 0 Å². The highest BCUT2D eigenvalue weighted by Gasteiger charge is 2.38. The molecule has 0 aliphatic carbocycles. The molecule has 3 aromatic rings. The van der Waals surface area contributed by atoms with Crippen LogP contribution in [0.25, 0.3) is 11.4 Å². The van der Waals surface area contributed by atoms with Crippen molar-refractivity contribution in [2.24, 2.45) is 5.92 Å². The molecule has 0 bridgehead atoms. The number of carbonyl (C=O) groups excluding carboxylic acids is 1. The van der Waals surface area contributed by atoms with Gasteiger partial charge in [0.25, 0.3) is 5.91 Å². The van der Waals surface area contributed by atoms with E-state index >= 15 is 0 Å². The van der Waals surface area contributed by atoms with Crippen molar-refractivity contribution < 1.29 is 18.8 Å². The summed E-state index contributed by atoms with van der Waals surface area (Å²) in [4.78, 5) is 19.6. The lowest BCUT2D eigenvalue weighted by Gasteiger charge is -2.19. The average Bonchev–Trinajstić information content (AvgIpc) is 3.40. The van der Waals surface area contributed by atoms with Crippen LogP contribution >= 0.6 is 0 Å². The van der Waals surface area contributed by atoms with Crippen molar-refractivity contribution in [1.82, 2.24) is 15.0 Å². The normalized spacial score (nSPS) is 18.7. The van der Waals surface area contributed by atoms with Crippen LogP contribution in [0.3, 0.4) is 0 Å². The SMILES string of the molecule is COc1cccc(C(=O)N2C[C@H](c3nc(-c4ccccc4)no3)[C@@H](C)C2)c1OC. The van der Waals surface area contributed by atoms with Gasteiger partial charge in [-0.05, 0) is 18.1 Å². The number of nitrogens with zero attached hydrogens (tertiary/aromatic N) is 3. The van der Waals surface area contributed by atoms with E-state index in [1.54, 1.807) is 30.2 Å². The van der Waals surface area contributed by atoms with Gasteiger partial charge in [-0.1, -0.05) is 48.5 Å². The molecule has 7 heteroatoms. The van der Waals surface area contributed by atoms with E-state index < -0.39 is 0 Å². The first kappa shape index (κ1) is 19.0. The number of hydrogen-bond donors (Lipinski definition) is 0. The van der Waals surface area contributed by atoms with Gasteiger partial charge in [0.2, 0.25) is 11.7 Å². The van der Waals surface area contributed by atoms with Crippen molar-refractivity contribution in [3.05, 3.63) is 60.0 Å². The fraction of sp³-hybridized carbons (Fsp3) is 0.318. The van der Waals surface area contributed by atoms with Crippen molar-refractivity contribution in [2.45, 2.75) is 12.8 Å². The summed E-state index contributed by atoms with van der Waals surface area (Å²) in [5, 5.41) is 4.12. The van der Waals surface area contributed by atoms with Crippen LogP contribution in [-0.2, 0) is 0 Å². The molecule has 0 radical (unpaired) electrons. The zero-order valence-electron chi connectivity index (χ0n) is 16.7. The van der Waals surface area contributed by atoms with Crippen LogP contribution in [0.15, 0.2) is 53.1 Å². The number of methoxy groups -OCH3 is 2. The molecule has 4 rings (SSSR count). The topological polar surface area (TPSA) is 77.7 Å². The predicted molar refractivity (Wildman–Crippen MR) is 107 cm³/mol. The highest BCUT2D eigenvalue weighted by molar-refractivity contribution is 5.98. The molecule has 2 aromatic carbocycles. The molecular formula is C22H23N3O4. The van der Waals surface area contributed by atoms with Crippen LogP contribution in [0.1, 0.15) is 29.1 Å². The molecule has 1 aromatic heterocycles. The Balaban J connectivity index is 1.55. The molecule has 1 aliphatic heterocycles. The Hall–Kier alpha value is -3.35. The van der Waals surface area contributed by atoms with Gasteiger partial charge in [0.05, 0.1) is 25.7 Å². The summed E-state index contributed by atoms with van der Waals surface area (Å²) in [6.45, 7) is 3.21. The smallest absolute Gasteiger partial charge is 0.257 e. The van der Waals surface area contributed by atoms with Gasteiger partial charge in [0.15, 0.2) is 11.5 Å². The number of para-hydroxylation sites is 1. The lowest BCUT2D eigenvalue weighted by molar-refractivity contribution is 0.0782. The highest BCUT2D eigenvalue weighted by Crippen LogP contribution is 2.36. The maximum atomic E-state index is 13.2. The Morgan fingerprint density at radius 3 is 2.59 bits per heavy atom. The number of amides is 1. The number of carbonyl (C=O) groups is 1. The second kappa shape index (κ2) is 7.95. The number of hydrogen-bond acceptors (Lipinski definition) is 6. The summed E-state index contributed by atoms with van der Waals surface area (Å²) >= 11 is 0. The van der Waals surface area contributed by atoms with E-state index in [1.807, 2.05) is 30.3 Å². The number of aromatic nitrogens is 2. The maximum absolute atomic E-state index is 13.2. The first-order valence-electron chi connectivity index (χ1n) is 9.51. The second-order valence-corrected chi connectivity index (χ2v) is 7.16. The largest absolute Gasteiger partial charge is 0.493 e. The van der Waals surface area contributed by atoms with Gasteiger partial charge in [-0.15, -0.1) is 0 Å². The fourth-order valence-corrected chi connectivity index (χ4v) is 3.77. The highest BCUT2D eigenvalue weighted by atomic mass is 16.5. The van der Waals surface area contributed by atoms with Crippen LogP contribution in [0.5, 0.6) is 11.5 Å². The lowest BCUT2D eigenvalue weighted by atomic mass is 9.98. The molecule has 1 aliphatic rings. The van der Waals surface area contributed by atoms with Crippen molar-refractivity contribution in [1.29, 1.82) is 0 Å². The average molecular weight is 393 g/mol. The Kier molecular flexibility index (Phi) is 5.20. The molecule has 0 unspecified atom stereocenters. The molecule has 1 amide bonds. The quantitative estimate of drug-likeness (QED) is 0.659. The Bertz CT molecular complexity index is 1000. The van der Waals surface area contributed by atoms with E-state index in [4.69, 9.17) is 14.0 Å². The minimum absolute atomic E-state index is 0.0134. The third-order valence-electron chi connectivity index (χ3n) is 5.32. The third-order valence-corrected chi connectivity index (χ3v) is 5.32. The molecule has 150 valence electrons. The summed E-state index contributed by atoms with van der Waals surface area (Å²) < 4.78 is 16.3. The van der Waals surface area contributed by atoms with Crippen molar-refractivity contribution in [3.8, 4) is 22.9 Å². The molecule has 0 N–H and O–H groups in total. The molecule has 29 heavy (non-hydrogen) atoms. The molecule has 0 spiro atoms. The summed E-state index contributed by atoms with van der Waals surface area (Å²) in [6.07, 6.45) is 0. The van der Waals surface area contributed by atoms with Gasteiger partial charge in [0.1, 0.15) is 0 Å². The molecular weight excluding hydrogens is 370 g/mol. The van der Waals surface area contributed by atoms with Crippen molar-refractivity contribution in [2.75, 3.05) is 27.3 Å². The lowest BCUT2D eigenvalue weighted by Crippen LogP contribution is -2.29. The van der Waals surface area contributed by atoms with E-state index in [0.29, 0.717) is 41.9 Å². The number of rotatable bonds is 5. The van der Waals surface area contributed by atoms with Gasteiger partial charge in [-0.25, -0.2) is 0 Å². The summed E-state index contributed by atoms with van der Waals surface area (Å²) in [5.41, 5.74) is 1.39. The van der Waals surface area contributed by atoms with Crippen LogP contribution in [0.2, 0.25) is 0 Å². The van der Waals surface area contributed by atoms with E-state index in [1.165, 1.54) is 7.11 Å². The maximum Gasteiger partial charge on any atom is 0.257 e. The third kappa shape index (κ3) is 3.55. The Labute approximate surface area is 169 Å². The first-order chi connectivity index (χ1) is 14.1. The number of likely N-dealkylation sites (tertiary alicyclic amines) is 1. The molecule has 1 saturated heterocycles. The monoisotopic (exact) mass is 393 g/mol. The summed E-state index contributed by atoms with van der Waals surface area (Å²) in [5.74, 6) is 2.18. The molecule has 2 atom stereocenters. The molecule has 0 saturated carbocycles. The van der Waals surface area contributed by atoms with E-state index in [2.05, 4.69) is 17.1 Å². The van der Waals surface area contributed by atoms with Gasteiger partial charge in [-0.3, -0.25) is 4.79 Å². The number of benzene rings is 2. The van der Waals surface area contributed by atoms with E-state index in [9.17, 15) is 4.79 Å². The summed E-state index contributed by atoms with van der Waals surface area (Å²) in [6, 6.07) is 15.0. The Morgan fingerprint density at radius 2 is 1.86 bits per heavy atom. The first-order valence-corrected chi connectivity index (χ1v) is 9.51. The summed E-state index contributed by atoms with van der Waals surface area (Å²) in [7, 11) is 3.09. The van der Waals surface area contributed by atoms with Crippen LogP contribution in [-0.4, -0.2) is 48.3 Å². The zero-order valence-corrected chi connectivity index (χ0v) is 16.7. The predicted octanol–water partition coefficient (Wildman–Crippen LogP) is 3.63. The van der Waals surface area contributed by atoms with Crippen LogP contribution in [0, 0.1) is 5.92 Å². The number of ether oxygens (including phenoxy) is 2. The van der Waals surface area contributed by atoms with Gasteiger partial charge in [-0.2, -0.15) is 4.98 Å². The van der Waals surface area contributed by atoms with Gasteiger partial charge in [0, 0.05) is 18.7 Å². The van der Waals surface area contributed by atoms with Crippen LogP contribution < -0.4 is 9.47 Å². The molecule has 2 heterocycles.